The van der Waals surface area contributed by atoms with E-state index in [4.69, 9.17) is 6.42 Å². The Morgan fingerprint density at radius 2 is 2.22 bits per heavy atom. The van der Waals surface area contributed by atoms with Crippen molar-refractivity contribution in [2.45, 2.75) is 38.4 Å². The number of nitrogens with one attached hydrogen (secondary N) is 1. The molecule has 2 atom stereocenters. The zero-order valence-electron chi connectivity index (χ0n) is 11.1. The van der Waals surface area contributed by atoms with E-state index in [0.29, 0.717) is 12.1 Å². The van der Waals surface area contributed by atoms with Crippen LogP contribution in [0.15, 0.2) is 30.3 Å². The number of hydrogen-bond acceptors (Lipinski definition) is 2. The summed E-state index contributed by atoms with van der Waals surface area (Å²) in [6, 6.07) is 11.7. The fourth-order valence-corrected chi connectivity index (χ4v) is 2.59. The molecule has 0 aromatic heterocycles. The van der Waals surface area contributed by atoms with Crippen molar-refractivity contribution in [2.24, 2.45) is 0 Å². The largest absolute Gasteiger partial charge is 0.309 e. The van der Waals surface area contributed by atoms with Crippen molar-refractivity contribution in [1.82, 2.24) is 10.2 Å². The highest BCUT2D eigenvalue weighted by Gasteiger charge is 2.22. The Labute approximate surface area is 110 Å². The third-order valence-electron chi connectivity index (χ3n) is 3.47. The van der Waals surface area contributed by atoms with Gasteiger partial charge >= 0.3 is 0 Å². The first-order valence-electron chi connectivity index (χ1n) is 6.73. The van der Waals surface area contributed by atoms with Crippen LogP contribution in [-0.4, -0.2) is 30.1 Å². The summed E-state index contributed by atoms with van der Waals surface area (Å²) in [5.41, 5.74) is 1.40. The summed E-state index contributed by atoms with van der Waals surface area (Å²) in [5, 5.41) is 3.61. The Morgan fingerprint density at radius 3 is 2.94 bits per heavy atom. The molecule has 1 heterocycles. The van der Waals surface area contributed by atoms with E-state index < -0.39 is 0 Å². The second-order valence-electron chi connectivity index (χ2n) is 5.18. The van der Waals surface area contributed by atoms with Crippen LogP contribution < -0.4 is 5.32 Å². The van der Waals surface area contributed by atoms with Gasteiger partial charge in [-0.3, -0.25) is 4.90 Å². The highest BCUT2D eigenvalue weighted by Crippen LogP contribution is 2.14. The van der Waals surface area contributed by atoms with Gasteiger partial charge < -0.3 is 5.32 Å². The van der Waals surface area contributed by atoms with Gasteiger partial charge in [-0.1, -0.05) is 30.3 Å². The molecule has 0 spiro atoms. The SMILES string of the molecule is C#CCC(C)NC1CCN(Cc2ccccc2)C1. The number of likely N-dealkylation sites (tertiary alicyclic amines) is 1. The summed E-state index contributed by atoms with van der Waals surface area (Å²) in [7, 11) is 0. The van der Waals surface area contributed by atoms with Crippen LogP contribution in [0.1, 0.15) is 25.3 Å². The van der Waals surface area contributed by atoms with Gasteiger partial charge in [0.25, 0.3) is 0 Å². The smallest absolute Gasteiger partial charge is 0.0238 e. The summed E-state index contributed by atoms with van der Waals surface area (Å²) in [5.74, 6) is 2.72. The Hall–Kier alpha value is -1.30. The topological polar surface area (TPSA) is 15.3 Å². The highest BCUT2D eigenvalue weighted by atomic mass is 15.2. The van der Waals surface area contributed by atoms with Crippen molar-refractivity contribution in [2.75, 3.05) is 13.1 Å². The first kappa shape index (κ1) is 13.1. The second-order valence-corrected chi connectivity index (χ2v) is 5.18. The molecule has 1 aromatic rings. The lowest BCUT2D eigenvalue weighted by Crippen LogP contribution is -2.38. The lowest BCUT2D eigenvalue weighted by Gasteiger charge is -2.19. The van der Waals surface area contributed by atoms with Gasteiger partial charge in [-0.25, -0.2) is 0 Å². The Morgan fingerprint density at radius 1 is 1.44 bits per heavy atom. The lowest BCUT2D eigenvalue weighted by molar-refractivity contribution is 0.316. The molecule has 0 saturated carbocycles. The zero-order valence-corrected chi connectivity index (χ0v) is 11.1. The van der Waals surface area contributed by atoms with E-state index in [9.17, 15) is 0 Å². The van der Waals surface area contributed by atoms with E-state index in [1.54, 1.807) is 0 Å². The van der Waals surface area contributed by atoms with Crippen molar-refractivity contribution >= 4 is 0 Å². The van der Waals surface area contributed by atoms with Crippen molar-refractivity contribution in [1.29, 1.82) is 0 Å². The molecule has 1 aliphatic heterocycles. The molecule has 1 aromatic carbocycles. The maximum Gasteiger partial charge on any atom is 0.0238 e. The second kappa shape index (κ2) is 6.58. The molecule has 1 saturated heterocycles. The number of terminal acetylenes is 1. The standard InChI is InChI=1S/C16H22N2/c1-3-7-14(2)17-16-10-11-18(13-16)12-15-8-5-4-6-9-15/h1,4-6,8-9,14,16-17H,7,10-13H2,2H3. The van der Waals surface area contributed by atoms with Gasteiger partial charge in [0.05, 0.1) is 0 Å². The number of rotatable bonds is 5. The lowest BCUT2D eigenvalue weighted by atomic mass is 10.2. The molecule has 18 heavy (non-hydrogen) atoms. The fourth-order valence-electron chi connectivity index (χ4n) is 2.59. The molecule has 0 aliphatic carbocycles. The van der Waals surface area contributed by atoms with Gasteiger partial charge in [0, 0.05) is 38.1 Å². The van der Waals surface area contributed by atoms with Crippen LogP contribution >= 0.6 is 0 Å². The average molecular weight is 242 g/mol. The van der Waals surface area contributed by atoms with Crippen LogP contribution in [0.4, 0.5) is 0 Å². The molecule has 2 heteroatoms. The van der Waals surface area contributed by atoms with Gasteiger partial charge in [0.15, 0.2) is 0 Å². The number of benzene rings is 1. The Kier molecular flexibility index (Phi) is 4.81. The monoisotopic (exact) mass is 242 g/mol. The number of nitrogens with zero attached hydrogens (tertiary/aromatic N) is 1. The highest BCUT2D eigenvalue weighted by molar-refractivity contribution is 5.14. The van der Waals surface area contributed by atoms with E-state index in [2.05, 4.69) is 53.4 Å². The van der Waals surface area contributed by atoms with Crippen LogP contribution in [-0.2, 0) is 6.54 Å². The molecule has 1 N–H and O–H groups in total. The first-order chi connectivity index (χ1) is 8.78. The van der Waals surface area contributed by atoms with E-state index in [0.717, 1.165) is 19.5 Å². The molecule has 2 nitrogen and oxygen atoms in total. The molecule has 2 unspecified atom stereocenters. The summed E-state index contributed by atoms with van der Waals surface area (Å²) in [6.45, 7) is 5.53. The van der Waals surface area contributed by atoms with E-state index in [-0.39, 0.29) is 0 Å². The van der Waals surface area contributed by atoms with Gasteiger partial charge in [0.1, 0.15) is 0 Å². The molecule has 0 amide bonds. The van der Waals surface area contributed by atoms with Crippen molar-refractivity contribution in [3.63, 3.8) is 0 Å². The van der Waals surface area contributed by atoms with Crippen molar-refractivity contribution < 1.29 is 0 Å². The normalized spacial score (nSPS) is 21.7. The van der Waals surface area contributed by atoms with Crippen molar-refractivity contribution in [3.05, 3.63) is 35.9 Å². The number of hydrogen-bond donors (Lipinski definition) is 1. The molecular formula is C16H22N2. The van der Waals surface area contributed by atoms with E-state index in [1.807, 2.05) is 0 Å². The summed E-state index contributed by atoms with van der Waals surface area (Å²) in [6.07, 6.45) is 7.37. The van der Waals surface area contributed by atoms with Gasteiger partial charge in [-0.05, 0) is 18.9 Å². The van der Waals surface area contributed by atoms with Crippen molar-refractivity contribution in [3.8, 4) is 12.3 Å². The average Bonchev–Trinajstić information content (AvgIpc) is 2.78. The van der Waals surface area contributed by atoms with E-state index >= 15 is 0 Å². The summed E-state index contributed by atoms with van der Waals surface area (Å²) < 4.78 is 0. The Bertz CT molecular complexity index is 393. The zero-order chi connectivity index (χ0) is 12.8. The molecule has 1 fully saturated rings. The molecule has 0 radical (unpaired) electrons. The van der Waals surface area contributed by atoms with Crippen LogP contribution in [0.25, 0.3) is 0 Å². The summed E-state index contributed by atoms with van der Waals surface area (Å²) >= 11 is 0. The maximum absolute atomic E-state index is 5.33. The van der Waals surface area contributed by atoms with Crippen LogP contribution in [0.3, 0.4) is 0 Å². The van der Waals surface area contributed by atoms with E-state index in [1.165, 1.54) is 18.5 Å². The first-order valence-corrected chi connectivity index (χ1v) is 6.73. The van der Waals surface area contributed by atoms with Gasteiger partial charge in [-0.15, -0.1) is 12.3 Å². The van der Waals surface area contributed by atoms with Crippen LogP contribution in [0.2, 0.25) is 0 Å². The third-order valence-corrected chi connectivity index (χ3v) is 3.47. The molecular weight excluding hydrogens is 220 g/mol. The molecule has 0 bridgehead atoms. The predicted octanol–water partition coefficient (Wildman–Crippen LogP) is 2.26. The summed E-state index contributed by atoms with van der Waals surface area (Å²) in [4.78, 5) is 2.51. The van der Waals surface area contributed by atoms with Gasteiger partial charge in [0.2, 0.25) is 0 Å². The van der Waals surface area contributed by atoms with Crippen LogP contribution in [0.5, 0.6) is 0 Å². The predicted molar refractivity (Wildman–Crippen MR) is 76.2 cm³/mol. The fraction of sp³-hybridized carbons (Fsp3) is 0.500. The molecule has 96 valence electrons. The maximum atomic E-state index is 5.33. The third kappa shape index (κ3) is 3.87. The quantitative estimate of drug-likeness (QED) is 0.797. The minimum atomic E-state index is 0.427. The Balaban J connectivity index is 1.77. The molecule has 1 aliphatic rings. The minimum absolute atomic E-state index is 0.427. The van der Waals surface area contributed by atoms with Gasteiger partial charge in [-0.2, -0.15) is 0 Å². The molecule has 2 rings (SSSR count). The van der Waals surface area contributed by atoms with Crippen LogP contribution in [0, 0.1) is 12.3 Å². The minimum Gasteiger partial charge on any atom is -0.309 e.